The summed E-state index contributed by atoms with van der Waals surface area (Å²) in [4.78, 5) is 58.3. The average Bonchev–Trinajstić information content (AvgIpc) is 3.45. The number of thiazole rings is 1. The van der Waals surface area contributed by atoms with Gasteiger partial charge in [-0.1, -0.05) is 6.92 Å². The second kappa shape index (κ2) is 9.01. The molecule has 35 heavy (non-hydrogen) atoms. The first kappa shape index (κ1) is 25.8. The van der Waals surface area contributed by atoms with E-state index in [-0.39, 0.29) is 76.7 Å². The molecule has 5 rings (SSSR count). The van der Waals surface area contributed by atoms with Gasteiger partial charge in [-0.15, -0.1) is 27.8 Å². The zero-order chi connectivity index (χ0) is 24.5. The molecule has 2 aromatic rings. The van der Waals surface area contributed by atoms with E-state index in [0.29, 0.717) is 0 Å². The maximum atomic E-state index is 13.6. The summed E-state index contributed by atoms with van der Waals surface area (Å²) < 4.78 is 2.35. The minimum absolute atomic E-state index is 0. The minimum atomic E-state index is -1.53. The van der Waals surface area contributed by atoms with E-state index in [4.69, 9.17) is 5.73 Å². The van der Waals surface area contributed by atoms with Crippen LogP contribution in [-0.4, -0.2) is 74.8 Å². The fraction of sp³-hybridized carbons (Fsp3) is 0.333. The number of carbonyl (C=O) groups is 4. The van der Waals surface area contributed by atoms with Crippen molar-refractivity contribution < 1.29 is 60.0 Å². The first-order valence-corrected chi connectivity index (χ1v) is 12.2. The number of nitrogens with zero attached hydrogens (tertiary/aromatic N) is 7. The van der Waals surface area contributed by atoms with E-state index in [1.54, 1.807) is 19.4 Å². The first-order chi connectivity index (χ1) is 16.1. The molecule has 3 N–H and O–H groups in total. The number of aromatic nitrogens is 5. The van der Waals surface area contributed by atoms with Crippen LogP contribution in [0, 0.1) is 0 Å². The third kappa shape index (κ3) is 3.57. The Morgan fingerprint density at radius 1 is 1.43 bits per heavy atom. The molecule has 3 amide bonds. The third-order valence-electron chi connectivity index (χ3n) is 5.98. The molecule has 0 spiro atoms. The number of β-lactam (4-membered cyclic amide) rings is 1. The number of rotatable bonds is 5. The van der Waals surface area contributed by atoms with Gasteiger partial charge in [-0.3, -0.25) is 24.2 Å². The molecule has 5 heterocycles. The van der Waals surface area contributed by atoms with Crippen LogP contribution in [0.5, 0.6) is 0 Å². The number of aliphatic carboxylic acids is 1. The van der Waals surface area contributed by atoms with E-state index >= 15 is 0 Å². The van der Waals surface area contributed by atoms with Crippen LogP contribution in [0.25, 0.3) is 11.1 Å². The molecular weight excluding hydrogens is 527 g/mol. The maximum absolute atomic E-state index is 13.6. The van der Waals surface area contributed by atoms with Gasteiger partial charge in [0, 0.05) is 21.4 Å². The number of tetrazole rings is 1. The fourth-order valence-corrected chi connectivity index (χ4v) is 6.86. The largest absolute Gasteiger partial charge is 1.00 e. The number of hydrogen-bond acceptors (Lipinski definition) is 11. The summed E-state index contributed by atoms with van der Waals surface area (Å²) in [6, 6.07) is 0. The van der Waals surface area contributed by atoms with E-state index in [1.165, 1.54) is 16.4 Å². The van der Waals surface area contributed by atoms with E-state index in [2.05, 4.69) is 28.1 Å². The van der Waals surface area contributed by atoms with Crippen molar-refractivity contribution in [2.24, 2.45) is 7.05 Å². The van der Waals surface area contributed by atoms with Crippen molar-refractivity contribution in [3.8, 4) is 0 Å². The molecule has 0 bridgehead atoms. The smallest absolute Gasteiger partial charge is 1.00 e. The summed E-state index contributed by atoms with van der Waals surface area (Å²) >= 11 is 6.40. The number of carbonyl (C=O) groups excluding carboxylic acids is 3. The number of thiol groups is 1. The average molecular weight is 546 g/mol. The Balaban J connectivity index is 0.00000180. The van der Waals surface area contributed by atoms with Crippen LogP contribution in [0.2, 0.25) is 0 Å². The third-order valence-corrected chi connectivity index (χ3v) is 8.19. The normalized spacial score (nSPS) is 23.8. The van der Waals surface area contributed by atoms with Crippen molar-refractivity contribution in [2.45, 2.75) is 24.3 Å². The number of amides is 3. The number of fused-ring (bicyclic) bond motifs is 1. The van der Waals surface area contributed by atoms with Crippen LogP contribution in [0.15, 0.2) is 17.2 Å². The van der Waals surface area contributed by atoms with Crippen LogP contribution in [0.4, 0.5) is 5.13 Å². The number of anilines is 1. The van der Waals surface area contributed by atoms with Crippen molar-refractivity contribution >= 4 is 75.9 Å². The van der Waals surface area contributed by atoms with E-state index in [9.17, 15) is 24.3 Å². The summed E-state index contributed by atoms with van der Waals surface area (Å²) in [5, 5.41) is 19.1. The summed E-state index contributed by atoms with van der Waals surface area (Å²) in [7, 11) is 1.58. The molecule has 2 atom stereocenters. The molecular formula is C18H18N8NaO5S3+. The molecule has 1 unspecified atom stereocenters. The molecule has 13 nitrogen and oxygen atoms in total. The molecule has 2 aromatic heterocycles. The monoisotopic (exact) mass is 545 g/mol. The van der Waals surface area contributed by atoms with Crippen molar-refractivity contribution in [1.82, 2.24) is 29.3 Å². The predicted molar refractivity (Wildman–Crippen MR) is 124 cm³/mol. The van der Waals surface area contributed by atoms with Gasteiger partial charge in [0.2, 0.25) is 0 Å². The van der Waals surface area contributed by atoms with E-state index in [0.717, 1.165) is 31.4 Å². The summed E-state index contributed by atoms with van der Waals surface area (Å²) in [5.74, 6) is -2.91. The Morgan fingerprint density at radius 3 is 2.69 bits per heavy atom. The topological polar surface area (TPSA) is 168 Å². The van der Waals surface area contributed by atoms with Gasteiger partial charge in [0.1, 0.15) is 11.1 Å². The standard InChI is InChI=1S/C18H16N8O5S3.Na.H/c1-3-18(25-10(27)4-7(13(25)28)9-6-34-17(19)20-9)15(31)24-11(14(29)30)8(5-33-16(18)24)12-21-26(32)22-23(12)2;;/h4,6,16H,3,5H2,1-2H3,(H3-,19,20,22,29,30,32);;/q;+1;-1/p+1/t16-,18?;;/m0../s1. The molecule has 3 aliphatic rings. The van der Waals surface area contributed by atoms with E-state index < -0.39 is 34.6 Å². The fourth-order valence-electron chi connectivity index (χ4n) is 4.50. The molecule has 0 aliphatic carbocycles. The van der Waals surface area contributed by atoms with Crippen LogP contribution in [0.1, 0.15) is 26.3 Å². The summed E-state index contributed by atoms with van der Waals surface area (Å²) in [6.07, 6.45) is 1.25. The number of hydrogen-bond donors (Lipinski definition) is 3. The predicted octanol–water partition coefficient (Wildman–Crippen LogP) is -3.74. The van der Waals surface area contributed by atoms with Gasteiger partial charge >= 0.3 is 41.4 Å². The van der Waals surface area contributed by atoms with Crippen LogP contribution in [-0.2, 0) is 26.2 Å². The van der Waals surface area contributed by atoms with E-state index in [1.807, 2.05) is 0 Å². The van der Waals surface area contributed by atoms with Crippen molar-refractivity contribution in [3.63, 3.8) is 0 Å². The second-order valence-corrected chi connectivity index (χ2v) is 9.98. The van der Waals surface area contributed by atoms with Crippen LogP contribution >= 0.6 is 35.9 Å². The minimum Gasteiger partial charge on any atom is -1.00 e. The van der Waals surface area contributed by atoms with Gasteiger partial charge in [-0.25, -0.2) is 9.78 Å². The first-order valence-electron chi connectivity index (χ1n) is 9.88. The quantitative estimate of drug-likeness (QED) is 0.112. The van der Waals surface area contributed by atoms with Crippen LogP contribution < -0.4 is 40.0 Å². The number of thioether (sulfide) groups is 1. The van der Waals surface area contributed by atoms with Gasteiger partial charge in [-0.05, 0) is 6.42 Å². The Morgan fingerprint density at radius 2 is 2.14 bits per heavy atom. The Kier molecular flexibility index (Phi) is 6.65. The molecule has 17 heteroatoms. The number of nitrogens with two attached hydrogens (primary N) is 1. The van der Waals surface area contributed by atoms with Crippen LogP contribution in [0.3, 0.4) is 0 Å². The van der Waals surface area contributed by atoms with Crippen molar-refractivity contribution in [1.29, 1.82) is 0 Å². The second-order valence-electron chi connectivity index (χ2n) is 7.66. The molecule has 178 valence electrons. The van der Waals surface area contributed by atoms with Gasteiger partial charge in [0.25, 0.3) is 17.7 Å². The number of aryl methyl sites for hydroxylation is 1. The van der Waals surface area contributed by atoms with Gasteiger partial charge < -0.3 is 12.3 Å². The molecule has 1 fully saturated rings. The van der Waals surface area contributed by atoms with Crippen molar-refractivity contribution in [2.75, 3.05) is 11.5 Å². The molecule has 0 saturated carbocycles. The molecule has 0 radical (unpaired) electrons. The number of carboxylic acid groups (broad SMARTS) is 1. The zero-order valence-corrected chi connectivity index (χ0v) is 23.2. The van der Waals surface area contributed by atoms with Crippen molar-refractivity contribution in [3.05, 3.63) is 28.7 Å². The summed E-state index contributed by atoms with van der Waals surface area (Å²) in [5.41, 5.74) is 4.45. The van der Waals surface area contributed by atoms with Gasteiger partial charge in [-0.2, -0.15) is 0 Å². The zero-order valence-electron chi connectivity index (χ0n) is 19.7. The molecule has 3 aliphatic heterocycles. The Hall–Kier alpha value is -2.24. The Labute approximate surface area is 235 Å². The number of imide groups is 1. The summed E-state index contributed by atoms with van der Waals surface area (Å²) in [6.45, 7) is 1.68. The Bertz CT molecular complexity index is 1380. The number of nitrogen functional groups attached to an aromatic ring is 1. The SMILES string of the molecule is CCC1(N2C(=O)C=C(c3csc(N)n3)C2=O)C(=O)N2C(C(=O)O)=C(c3nn(S)n[n+]3C)CS[C@H]21.[H-].[Na+]. The van der Waals surface area contributed by atoms with Gasteiger partial charge in [0.05, 0.1) is 47.0 Å². The molecule has 0 aromatic carbocycles. The maximum Gasteiger partial charge on any atom is 1.00 e. The number of carboxylic acids is 1. The molecule has 1 saturated heterocycles. The van der Waals surface area contributed by atoms with Gasteiger partial charge in [0.15, 0.2) is 10.7 Å².